The van der Waals surface area contributed by atoms with Gasteiger partial charge in [-0.25, -0.2) is 0 Å². The first kappa shape index (κ1) is 34.6. The molecule has 3 aliphatic heterocycles. The van der Waals surface area contributed by atoms with Gasteiger partial charge in [0.1, 0.15) is 24.0 Å². The van der Waals surface area contributed by atoms with E-state index >= 15 is 0 Å². The van der Waals surface area contributed by atoms with Gasteiger partial charge in [-0.15, -0.1) is 0 Å². The lowest BCUT2D eigenvalue weighted by atomic mass is 9.45. The van der Waals surface area contributed by atoms with E-state index in [2.05, 4.69) is 39.9 Å². The van der Waals surface area contributed by atoms with Crippen molar-refractivity contribution in [2.24, 2.45) is 51.6 Å². The van der Waals surface area contributed by atoms with Gasteiger partial charge < -0.3 is 30.1 Å². The van der Waals surface area contributed by atoms with Crippen LogP contribution in [-0.2, 0) is 14.3 Å². The van der Waals surface area contributed by atoms with Crippen LogP contribution < -0.4 is 11.1 Å². The maximum absolute atomic E-state index is 13.7. The van der Waals surface area contributed by atoms with Crippen LogP contribution in [0, 0.1) is 45.8 Å². The molecule has 0 bridgehead atoms. The lowest BCUT2D eigenvalue weighted by Gasteiger charge is -2.61. The Morgan fingerprint density at radius 1 is 1.04 bits per heavy atom. The minimum absolute atomic E-state index is 0.0484. The summed E-state index contributed by atoms with van der Waals surface area (Å²) in [6.07, 6.45) is 12.4. The zero-order valence-corrected chi connectivity index (χ0v) is 30.1. The summed E-state index contributed by atoms with van der Waals surface area (Å²) < 4.78 is 13.7. The van der Waals surface area contributed by atoms with Crippen LogP contribution >= 0.6 is 0 Å². The molecule has 4 aliphatic carbocycles. The lowest BCUT2D eigenvalue weighted by molar-refractivity contribution is -0.699. The number of aliphatic hydroxyl groups excluding tert-OH is 1. The largest absolute Gasteiger partial charge is 0.393 e. The molecule has 8 nitrogen and oxygen atoms in total. The van der Waals surface area contributed by atoms with Crippen molar-refractivity contribution >= 4 is 5.78 Å². The van der Waals surface area contributed by atoms with E-state index in [9.17, 15) is 20.1 Å². The molecule has 2 unspecified atom stereocenters. The Balaban J connectivity index is 1.16. The topological polar surface area (TPSA) is 142 Å². The number of allylic oxidation sites excluding steroid dienone is 1. The predicted octanol–water partition coefficient (Wildman–Crippen LogP) is 3.99. The normalized spacial score (nSPS) is 51.3. The molecule has 3 heterocycles. The number of carbonyl (C=O) groups is 1. The Kier molecular flexibility index (Phi) is 8.52. The smallest absolute Gasteiger partial charge is 0.159 e. The van der Waals surface area contributed by atoms with Crippen molar-refractivity contribution < 1.29 is 34.9 Å². The van der Waals surface area contributed by atoms with E-state index < -0.39 is 28.3 Å². The van der Waals surface area contributed by atoms with Gasteiger partial charge in [0.15, 0.2) is 5.78 Å². The van der Waals surface area contributed by atoms with Gasteiger partial charge in [0.25, 0.3) is 0 Å². The summed E-state index contributed by atoms with van der Waals surface area (Å²) in [7, 11) is 0. The van der Waals surface area contributed by atoms with Crippen LogP contribution in [0.25, 0.3) is 0 Å². The maximum Gasteiger partial charge on any atom is 0.159 e. The second kappa shape index (κ2) is 11.6. The Morgan fingerprint density at radius 2 is 1.81 bits per heavy atom. The third-order valence-corrected chi connectivity index (χ3v) is 16.0. The zero-order valence-electron chi connectivity index (χ0n) is 30.1. The molecule has 0 aromatic rings. The molecule has 7 aliphatic rings. The SMILES string of the molecule is C[C@@H]1CCO[C@@]([C@@H]2O[C@@H]2[C@](C)(O)C(C)(C)CCC2CC[NH2+]C(N)C2)([C@@H]2CC[C@]3(O)C4=CC(=O)[C@H]5C[C@@H](O)CC[C@]5(C)[C@@H]4CC[C@]23C)C1. The molecule has 0 aromatic heterocycles. The molecule has 47 heavy (non-hydrogen) atoms. The molecule has 8 heteroatoms. The maximum atomic E-state index is 13.7. The molecular weight excluding hydrogens is 592 g/mol. The summed E-state index contributed by atoms with van der Waals surface area (Å²) >= 11 is 0. The standard InChI is InChI=1S/C39H64N2O6/c1-23-12-18-46-38(22-23,33-32(47-33)37(6,44)34(2,3)13-7-24-11-17-41-31(40)19-24)30-10-16-39(45)27-21-29(43)28-20-25(42)8-14-35(28,4)26(27)9-15-36(30,39)5/h21,23-26,28,30-33,41-42,44-45H,7-20,22,40H2,1-6H3/p+1/t23-,24?,25+,26-,28-,30-,31?,32+,33-,35-,36-,37+,38-,39+/m1/s1. The predicted molar refractivity (Wildman–Crippen MR) is 180 cm³/mol. The lowest BCUT2D eigenvalue weighted by Crippen LogP contribution is -2.94. The number of ketones is 1. The van der Waals surface area contributed by atoms with Crippen LogP contribution in [0.5, 0.6) is 0 Å². The van der Waals surface area contributed by atoms with E-state index in [1.54, 1.807) is 0 Å². The van der Waals surface area contributed by atoms with Gasteiger partial charge in [-0.05, 0) is 130 Å². The Morgan fingerprint density at radius 3 is 2.53 bits per heavy atom. The summed E-state index contributed by atoms with van der Waals surface area (Å²) in [4.78, 5) is 13.7. The summed E-state index contributed by atoms with van der Waals surface area (Å²) in [6.45, 7) is 14.9. The van der Waals surface area contributed by atoms with Crippen LogP contribution in [0.15, 0.2) is 11.6 Å². The third kappa shape index (κ3) is 5.19. The highest BCUT2D eigenvalue weighted by atomic mass is 16.6. The minimum atomic E-state index is -1.08. The van der Waals surface area contributed by atoms with Crippen molar-refractivity contribution in [2.75, 3.05) is 13.2 Å². The third-order valence-electron chi connectivity index (χ3n) is 16.0. The quantitative estimate of drug-likeness (QED) is 0.261. The number of quaternary nitrogens is 1. The molecule has 0 aromatic carbocycles. The van der Waals surface area contributed by atoms with Gasteiger partial charge in [-0.2, -0.15) is 0 Å². The van der Waals surface area contributed by atoms with Crippen LogP contribution in [0.4, 0.5) is 0 Å². The molecule has 7 N–H and O–H groups in total. The first-order valence-electron chi connectivity index (χ1n) is 19.3. The van der Waals surface area contributed by atoms with Crippen LogP contribution in [0.3, 0.4) is 0 Å². The number of hydrogen-bond donors (Lipinski definition) is 5. The van der Waals surface area contributed by atoms with Gasteiger partial charge >= 0.3 is 0 Å². The van der Waals surface area contributed by atoms with Crippen LogP contribution in [0.1, 0.15) is 125 Å². The summed E-state index contributed by atoms with van der Waals surface area (Å²) in [5, 5.41) is 38.0. The van der Waals surface area contributed by atoms with E-state index in [0.717, 1.165) is 76.3 Å². The highest BCUT2D eigenvalue weighted by molar-refractivity contribution is 5.95. The summed E-state index contributed by atoms with van der Waals surface area (Å²) in [5.74, 6) is 1.17. The van der Waals surface area contributed by atoms with E-state index in [1.807, 2.05) is 13.0 Å². The molecular formula is C39H65N2O6+. The molecule has 0 radical (unpaired) electrons. The number of rotatable bonds is 7. The number of hydrogen-bond acceptors (Lipinski definition) is 7. The highest BCUT2D eigenvalue weighted by Gasteiger charge is 2.75. The van der Waals surface area contributed by atoms with E-state index in [-0.39, 0.29) is 52.7 Å². The van der Waals surface area contributed by atoms with Crippen LogP contribution in [-0.4, -0.2) is 75.5 Å². The van der Waals surface area contributed by atoms with Gasteiger partial charge in [-0.3, -0.25) is 10.5 Å². The van der Waals surface area contributed by atoms with Gasteiger partial charge in [-0.1, -0.05) is 34.6 Å². The molecule has 7 rings (SSSR count). The van der Waals surface area contributed by atoms with E-state index in [1.165, 1.54) is 6.42 Å². The summed E-state index contributed by atoms with van der Waals surface area (Å²) in [6, 6.07) is 0. The average molecular weight is 658 g/mol. The number of ether oxygens (including phenoxy) is 2. The molecule has 0 spiro atoms. The number of epoxide rings is 1. The Bertz CT molecular complexity index is 1270. The molecule has 3 saturated carbocycles. The first-order valence-corrected chi connectivity index (χ1v) is 19.3. The second-order valence-electron chi connectivity index (χ2n) is 19.0. The van der Waals surface area contributed by atoms with Crippen molar-refractivity contribution in [2.45, 2.75) is 166 Å². The van der Waals surface area contributed by atoms with E-state index in [4.69, 9.17) is 15.2 Å². The second-order valence-corrected chi connectivity index (χ2v) is 19.0. The number of carbonyl (C=O) groups excluding carboxylic acids is 1. The van der Waals surface area contributed by atoms with Crippen molar-refractivity contribution in [3.63, 3.8) is 0 Å². The molecule has 3 saturated heterocycles. The average Bonchev–Trinajstić information content (AvgIpc) is 3.77. The van der Waals surface area contributed by atoms with Crippen LogP contribution in [0.2, 0.25) is 0 Å². The number of fused-ring (bicyclic) bond motifs is 5. The van der Waals surface area contributed by atoms with Gasteiger partial charge in [0.05, 0.1) is 23.9 Å². The van der Waals surface area contributed by atoms with Crippen molar-refractivity contribution in [3.05, 3.63) is 11.6 Å². The van der Waals surface area contributed by atoms with Crippen molar-refractivity contribution in [1.82, 2.24) is 0 Å². The Labute approximate surface area is 283 Å². The van der Waals surface area contributed by atoms with Gasteiger partial charge in [0, 0.05) is 24.4 Å². The Hall–Kier alpha value is -0.870. The highest BCUT2D eigenvalue weighted by Crippen LogP contribution is 2.71. The van der Waals surface area contributed by atoms with E-state index in [0.29, 0.717) is 31.3 Å². The number of piperidine rings is 1. The fourth-order valence-corrected chi connectivity index (χ4v) is 12.4. The number of nitrogens with two attached hydrogens (primary N) is 2. The number of aliphatic hydroxyl groups is 3. The fraction of sp³-hybridized carbons (Fsp3) is 0.923. The molecule has 266 valence electrons. The van der Waals surface area contributed by atoms with Crippen molar-refractivity contribution in [3.8, 4) is 0 Å². The molecule has 6 fully saturated rings. The summed E-state index contributed by atoms with van der Waals surface area (Å²) in [5.41, 5.74) is 3.44. The minimum Gasteiger partial charge on any atom is -0.393 e. The van der Waals surface area contributed by atoms with Crippen molar-refractivity contribution in [1.29, 1.82) is 0 Å². The monoisotopic (exact) mass is 657 g/mol. The van der Waals surface area contributed by atoms with Gasteiger partial charge in [0.2, 0.25) is 0 Å². The zero-order chi connectivity index (χ0) is 33.8. The fourth-order valence-electron chi connectivity index (χ4n) is 12.4. The molecule has 0 amide bonds. The molecule has 14 atom stereocenters. The first-order chi connectivity index (χ1) is 22.0.